The molecule has 4 N–H and O–H groups in total. The van der Waals surface area contributed by atoms with E-state index in [1.54, 1.807) is 47.7 Å². The molecular formula is C26H30N8O3S. The number of carbonyl (C=O) groups is 1. The molecule has 1 aromatic carbocycles. The fraction of sp³-hybridized carbons (Fsp3) is 0.269. The highest BCUT2D eigenvalue weighted by Gasteiger charge is 2.29. The first kappa shape index (κ1) is 26.7. The van der Waals surface area contributed by atoms with Gasteiger partial charge in [-0.05, 0) is 45.0 Å². The zero-order valence-corrected chi connectivity index (χ0v) is 22.5. The summed E-state index contributed by atoms with van der Waals surface area (Å²) in [6.45, 7) is 7.90. The molecule has 11 nitrogen and oxygen atoms in total. The predicted molar refractivity (Wildman–Crippen MR) is 147 cm³/mol. The Morgan fingerprint density at radius 3 is 2.58 bits per heavy atom. The first-order valence-corrected chi connectivity index (χ1v) is 13.3. The summed E-state index contributed by atoms with van der Waals surface area (Å²) in [4.78, 5) is 25.4. The third-order valence-corrected chi connectivity index (χ3v) is 6.39. The van der Waals surface area contributed by atoms with Gasteiger partial charge in [0.1, 0.15) is 46.2 Å². The number of benzene rings is 1. The van der Waals surface area contributed by atoms with Gasteiger partial charge >= 0.3 is 0 Å². The lowest BCUT2D eigenvalue weighted by atomic mass is 10.1. The summed E-state index contributed by atoms with van der Waals surface area (Å²) in [6.07, 6.45) is 6.33. The Balaban J connectivity index is 1.82. The summed E-state index contributed by atoms with van der Waals surface area (Å²) in [7, 11) is -1.30. The van der Waals surface area contributed by atoms with E-state index in [-0.39, 0.29) is 12.2 Å². The minimum atomic E-state index is -1.30. The number of aromatic nitrogens is 5. The number of pyridine rings is 1. The maximum absolute atomic E-state index is 12.8. The van der Waals surface area contributed by atoms with Gasteiger partial charge in [-0.3, -0.25) is 14.8 Å². The Morgan fingerprint density at radius 2 is 1.95 bits per heavy atom. The van der Waals surface area contributed by atoms with Crippen LogP contribution in [-0.4, -0.2) is 40.6 Å². The van der Waals surface area contributed by atoms with Crippen LogP contribution < -0.4 is 20.5 Å². The van der Waals surface area contributed by atoms with Gasteiger partial charge in [-0.15, -0.1) is 0 Å². The van der Waals surface area contributed by atoms with Gasteiger partial charge in [-0.2, -0.15) is 5.10 Å². The molecule has 1 unspecified atom stereocenters. The number of nitrogens with two attached hydrogens (primary N) is 1. The monoisotopic (exact) mass is 534 g/mol. The maximum atomic E-state index is 12.8. The molecule has 3 heterocycles. The van der Waals surface area contributed by atoms with E-state index in [4.69, 9.17) is 15.6 Å². The van der Waals surface area contributed by atoms with Crippen LogP contribution in [0.25, 0.3) is 11.3 Å². The average molecular weight is 535 g/mol. The number of rotatable bonds is 10. The second kappa shape index (κ2) is 11.4. The van der Waals surface area contributed by atoms with Crippen molar-refractivity contribution in [3.8, 4) is 17.0 Å². The standard InChI is InChI=1S/C26H30N8O3S/c1-5-38(36)33-19-10-9-17(14-20(19)37-16-18-8-6-7-11-29-18)23-22(24(27)35)25(34(32-23)26(2,3)4)31-21-15-28-12-13-30-21/h6-15,33H,5,16H2,1-4H3,(H2,27,35)(H,30,31). The second-order valence-corrected chi connectivity index (χ2v) is 10.8. The summed E-state index contributed by atoms with van der Waals surface area (Å²) >= 11 is 0. The molecule has 1 atom stereocenters. The normalized spacial score (nSPS) is 12.1. The summed E-state index contributed by atoms with van der Waals surface area (Å²) < 4.78 is 23.0. The first-order valence-electron chi connectivity index (χ1n) is 12.0. The summed E-state index contributed by atoms with van der Waals surface area (Å²) in [5, 5.41) is 7.95. The van der Waals surface area contributed by atoms with Gasteiger partial charge in [0.2, 0.25) is 0 Å². The van der Waals surface area contributed by atoms with Crippen LogP contribution in [0.4, 0.5) is 17.3 Å². The van der Waals surface area contributed by atoms with E-state index >= 15 is 0 Å². The van der Waals surface area contributed by atoms with Crippen LogP contribution in [0.5, 0.6) is 5.75 Å². The van der Waals surface area contributed by atoms with Crippen molar-refractivity contribution in [1.29, 1.82) is 0 Å². The van der Waals surface area contributed by atoms with Crippen LogP contribution in [0, 0.1) is 0 Å². The number of anilines is 3. The number of amides is 1. The van der Waals surface area contributed by atoms with Gasteiger partial charge < -0.3 is 20.5 Å². The Kier molecular flexibility index (Phi) is 8.01. The number of hydrogen-bond acceptors (Lipinski definition) is 8. The average Bonchev–Trinajstić information content (AvgIpc) is 3.29. The van der Waals surface area contributed by atoms with Gasteiger partial charge in [0, 0.05) is 29.9 Å². The van der Waals surface area contributed by atoms with Crippen molar-refractivity contribution in [2.45, 2.75) is 39.8 Å². The molecule has 0 spiro atoms. The van der Waals surface area contributed by atoms with E-state index < -0.39 is 22.4 Å². The highest BCUT2D eigenvalue weighted by Crippen LogP contribution is 2.37. The Labute approximate surface area is 223 Å². The van der Waals surface area contributed by atoms with Crippen LogP contribution in [0.15, 0.2) is 61.2 Å². The lowest BCUT2D eigenvalue weighted by Gasteiger charge is -2.22. The van der Waals surface area contributed by atoms with Gasteiger partial charge in [0.05, 0.1) is 23.1 Å². The molecular weight excluding hydrogens is 504 g/mol. The van der Waals surface area contributed by atoms with Crippen molar-refractivity contribution in [2.75, 3.05) is 15.8 Å². The van der Waals surface area contributed by atoms with Crippen LogP contribution in [-0.2, 0) is 23.1 Å². The molecule has 4 aromatic rings. The lowest BCUT2D eigenvalue weighted by Crippen LogP contribution is -2.25. The van der Waals surface area contributed by atoms with Gasteiger partial charge in [-0.1, -0.05) is 19.1 Å². The molecule has 12 heteroatoms. The first-order chi connectivity index (χ1) is 18.2. The van der Waals surface area contributed by atoms with E-state index in [9.17, 15) is 9.00 Å². The van der Waals surface area contributed by atoms with Crippen molar-refractivity contribution in [2.24, 2.45) is 5.73 Å². The van der Waals surface area contributed by atoms with E-state index in [1.165, 1.54) is 0 Å². The van der Waals surface area contributed by atoms with E-state index in [0.717, 1.165) is 5.69 Å². The summed E-state index contributed by atoms with van der Waals surface area (Å²) in [5.41, 5.74) is 7.80. The molecule has 38 heavy (non-hydrogen) atoms. The van der Waals surface area contributed by atoms with Crippen LogP contribution in [0.1, 0.15) is 43.7 Å². The minimum Gasteiger partial charge on any atom is -0.485 e. The number of hydrogen-bond donors (Lipinski definition) is 3. The number of nitrogens with one attached hydrogen (secondary N) is 2. The quantitative estimate of drug-likeness (QED) is 0.276. The molecule has 0 aliphatic carbocycles. The molecule has 3 aromatic heterocycles. The largest absolute Gasteiger partial charge is 0.485 e. The molecule has 0 saturated heterocycles. The van der Waals surface area contributed by atoms with Crippen LogP contribution >= 0.6 is 0 Å². The number of nitrogens with zero attached hydrogens (tertiary/aromatic N) is 5. The number of carbonyl (C=O) groups excluding carboxylic acids is 1. The molecule has 4 rings (SSSR count). The third kappa shape index (κ3) is 6.14. The van der Waals surface area contributed by atoms with Crippen LogP contribution in [0.2, 0.25) is 0 Å². The van der Waals surface area contributed by atoms with Crippen molar-refractivity contribution >= 4 is 34.2 Å². The molecule has 0 fully saturated rings. The highest BCUT2D eigenvalue weighted by molar-refractivity contribution is 7.86. The number of primary amides is 1. The highest BCUT2D eigenvalue weighted by atomic mass is 32.2. The maximum Gasteiger partial charge on any atom is 0.254 e. The van der Waals surface area contributed by atoms with E-state index in [0.29, 0.717) is 40.1 Å². The zero-order valence-electron chi connectivity index (χ0n) is 21.6. The number of ether oxygens (including phenoxy) is 1. The fourth-order valence-electron chi connectivity index (χ4n) is 3.64. The smallest absolute Gasteiger partial charge is 0.254 e. The van der Waals surface area contributed by atoms with E-state index in [1.807, 2.05) is 45.9 Å². The van der Waals surface area contributed by atoms with Gasteiger partial charge in [0.15, 0.2) is 0 Å². The summed E-state index contributed by atoms with van der Waals surface area (Å²) in [5.74, 6) is 1.02. The molecule has 0 aliphatic heterocycles. The van der Waals surface area contributed by atoms with Gasteiger partial charge in [0.25, 0.3) is 5.91 Å². The van der Waals surface area contributed by atoms with Crippen molar-refractivity contribution in [1.82, 2.24) is 24.7 Å². The molecule has 0 radical (unpaired) electrons. The fourth-order valence-corrected chi connectivity index (χ4v) is 4.20. The van der Waals surface area contributed by atoms with Crippen LogP contribution in [0.3, 0.4) is 0 Å². The third-order valence-electron chi connectivity index (χ3n) is 5.42. The van der Waals surface area contributed by atoms with E-state index in [2.05, 4.69) is 25.0 Å². The lowest BCUT2D eigenvalue weighted by molar-refractivity contribution is 0.100. The second-order valence-electron chi connectivity index (χ2n) is 9.29. The Bertz CT molecular complexity index is 1440. The molecule has 0 aliphatic rings. The molecule has 0 bridgehead atoms. The van der Waals surface area contributed by atoms with Crippen molar-refractivity contribution in [3.05, 3.63) is 72.4 Å². The molecule has 1 amide bonds. The Hall–Kier alpha value is -4.32. The zero-order chi connectivity index (χ0) is 27.3. The SMILES string of the molecule is CCS(=O)Nc1ccc(-c2nn(C(C)(C)C)c(Nc3cnccn3)c2C(N)=O)cc1OCc1ccccn1. The minimum absolute atomic E-state index is 0.191. The van der Waals surface area contributed by atoms with Crippen molar-refractivity contribution < 1.29 is 13.7 Å². The summed E-state index contributed by atoms with van der Waals surface area (Å²) in [6, 6.07) is 10.8. The van der Waals surface area contributed by atoms with Gasteiger partial charge in [-0.25, -0.2) is 13.9 Å². The van der Waals surface area contributed by atoms with Crippen molar-refractivity contribution in [3.63, 3.8) is 0 Å². The predicted octanol–water partition coefficient (Wildman–Crippen LogP) is 4.01. The Morgan fingerprint density at radius 1 is 1.13 bits per heavy atom. The molecule has 198 valence electrons. The molecule has 0 saturated carbocycles. The topological polar surface area (TPSA) is 150 Å².